The molecule has 65 heavy (non-hydrogen) atoms. The first kappa shape index (κ1) is 49.4. The van der Waals surface area contributed by atoms with Crippen molar-refractivity contribution in [1.29, 1.82) is 0 Å². The molecule has 0 radical (unpaired) electrons. The standard InChI is InChI=1S/C16H20N2O4.C16H22N2O2.C9H17NO.C7H4ClNO3/c19-15(13-3-5-14(6-4-13)18(20)21)17-10-8-16(9-11-17)7-1-2-12-22-16;17-14-5-3-13(4-6-14)15(19)18-10-8-16(9-11-18)7-1-2-12-20-16;1-2-8-11-9(3-1)4-6-10-7-5-9;8-7(10)5-1-3-6(4-2-5)9(11)12/h3-6H,1-2,7-12H2;3-6H,1-2,7-12,17H2;10H,1-8H2;1-4H. The zero-order valence-electron chi connectivity index (χ0n) is 37.2. The molecule has 0 bridgehead atoms. The largest absolute Gasteiger partial charge is 0.399 e. The second kappa shape index (κ2) is 23.4. The van der Waals surface area contributed by atoms with Crippen molar-refractivity contribution >= 4 is 45.7 Å². The van der Waals surface area contributed by atoms with Crippen molar-refractivity contribution in [3.05, 3.63) is 110 Å². The van der Waals surface area contributed by atoms with E-state index >= 15 is 0 Å². The zero-order chi connectivity index (χ0) is 46.3. The fraction of sp³-hybridized carbons (Fsp3) is 0.562. The number of piperidine rings is 3. The first-order valence-corrected chi connectivity index (χ1v) is 23.4. The number of benzene rings is 3. The van der Waals surface area contributed by atoms with Crippen LogP contribution in [0.4, 0.5) is 17.1 Å². The van der Waals surface area contributed by atoms with Gasteiger partial charge in [0.25, 0.3) is 28.4 Å². The fourth-order valence-corrected chi connectivity index (χ4v) is 9.59. The minimum Gasteiger partial charge on any atom is -0.399 e. The number of nitrogens with zero attached hydrogens (tertiary/aromatic N) is 4. The van der Waals surface area contributed by atoms with E-state index in [0.29, 0.717) is 29.9 Å². The number of ether oxygens (including phenoxy) is 3. The average Bonchev–Trinajstić information content (AvgIpc) is 3.33. The number of nitrogens with one attached hydrogen (secondary N) is 1. The summed E-state index contributed by atoms with van der Waals surface area (Å²) in [4.78, 5) is 59.0. The Balaban J connectivity index is 0.000000150. The van der Waals surface area contributed by atoms with Crippen LogP contribution in [-0.2, 0) is 14.2 Å². The van der Waals surface area contributed by atoms with E-state index in [1.54, 1.807) is 24.3 Å². The lowest BCUT2D eigenvalue weighted by molar-refractivity contribution is -0.385. The molecule has 17 heteroatoms. The van der Waals surface area contributed by atoms with Crippen molar-refractivity contribution in [2.75, 3.05) is 64.8 Å². The summed E-state index contributed by atoms with van der Waals surface area (Å²) < 4.78 is 17.8. The van der Waals surface area contributed by atoms with E-state index in [2.05, 4.69) is 5.32 Å². The molecule has 0 aliphatic carbocycles. The molecule has 6 aliphatic rings. The Labute approximate surface area is 385 Å². The van der Waals surface area contributed by atoms with E-state index in [-0.39, 0.29) is 40.0 Å². The van der Waals surface area contributed by atoms with Crippen LogP contribution in [0, 0.1) is 20.2 Å². The molecule has 0 atom stereocenters. The Kier molecular flexibility index (Phi) is 17.8. The second-order valence-corrected chi connectivity index (χ2v) is 18.1. The summed E-state index contributed by atoms with van der Waals surface area (Å²) in [5.74, 6) is 0.0521. The van der Waals surface area contributed by atoms with Gasteiger partial charge >= 0.3 is 0 Å². The number of anilines is 1. The van der Waals surface area contributed by atoms with Crippen LogP contribution in [0.15, 0.2) is 72.8 Å². The average molecular weight is 920 g/mol. The molecule has 6 heterocycles. The van der Waals surface area contributed by atoms with Gasteiger partial charge in [-0.3, -0.25) is 34.6 Å². The summed E-state index contributed by atoms with van der Waals surface area (Å²) in [6.45, 7) is 7.99. The Morgan fingerprint density at radius 2 is 0.862 bits per heavy atom. The Morgan fingerprint density at radius 3 is 1.18 bits per heavy atom. The molecule has 0 aromatic heterocycles. The molecule has 9 rings (SSSR count). The molecule has 2 amide bonds. The van der Waals surface area contributed by atoms with Gasteiger partial charge in [-0.1, -0.05) is 0 Å². The number of nitro groups is 2. The van der Waals surface area contributed by atoms with Crippen molar-refractivity contribution in [1.82, 2.24) is 15.1 Å². The number of nitrogen functional groups attached to an aromatic ring is 1. The van der Waals surface area contributed by atoms with Crippen molar-refractivity contribution in [3.63, 3.8) is 0 Å². The van der Waals surface area contributed by atoms with Crippen LogP contribution >= 0.6 is 11.6 Å². The lowest BCUT2D eigenvalue weighted by Crippen LogP contribution is -2.49. The van der Waals surface area contributed by atoms with Crippen LogP contribution in [-0.4, -0.2) is 113 Å². The van der Waals surface area contributed by atoms with Crippen molar-refractivity contribution in [3.8, 4) is 0 Å². The van der Waals surface area contributed by atoms with Gasteiger partial charge in [0.05, 0.1) is 26.6 Å². The summed E-state index contributed by atoms with van der Waals surface area (Å²) in [5, 5.41) is 23.6. The van der Waals surface area contributed by atoms with Crippen molar-refractivity contribution < 1.29 is 38.4 Å². The number of hydrogen-bond donors (Lipinski definition) is 2. The number of likely N-dealkylation sites (tertiary alicyclic amines) is 2. The third-order valence-electron chi connectivity index (χ3n) is 13.5. The van der Waals surface area contributed by atoms with Crippen LogP contribution < -0.4 is 11.1 Å². The molecule has 352 valence electrons. The minimum atomic E-state index is -0.620. The smallest absolute Gasteiger partial charge is 0.269 e. The minimum absolute atomic E-state index is 0.00440. The van der Waals surface area contributed by atoms with Gasteiger partial charge in [0, 0.05) is 92.6 Å². The molecule has 16 nitrogen and oxygen atoms in total. The monoisotopic (exact) mass is 918 g/mol. The number of non-ortho nitro benzene ring substituents is 2. The van der Waals surface area contributed by atoms with E-state index in [1.165, 1.54) is 99.9 Å². The van der Waals surface area contributed by atoms with Gasteiger partial charge in [-0.2, -0.15) is 0 Å². The van der Waals surface area contributed by atoms with Gasteiger partial charge in [0.2, 0.25) is 0 Å². The number of amides is 2. The fourth-order valence-electron chi connectivity index (χ4n) is 9.46. The molecule has 6 saturated heterocycles. The molecule has 0 saturated carbocycles. The van der Waals surface area contributed by atoms with E-state index < -0.39 is 15.1 Å². The topological polar surface area (TPSA) is 210 Å². The van der Waals surface area contributed by atoms with Crippen molar-refractivity contribution in [2.45, 2.75) is 113 Å². The highest BCUT2D eigenvalue weighted by Crippen LogP contribution is 2.37. The molecule has 0 unspecified atom stereocenters. The van der Waals surface area contributed by atoms with E-state index in [4.69, 9.17) is 31.5 Å². The number of rotatable bonds is 5. The van der Waals surface area contributed by atoms with Crippen LogP contribution in [0.25, 0.3) is 0 Å². The maximum atomic E-state index is 12.5. The van der Waals surface area contributed by atoms with Crippen LogP contribution in [0.3, 0.4) is 0 Å². The molecule has 3 spiro atoms. The SMILES string of the molecule is C1CCC2(CCNCC2)OC1.Nc1ccc(C(=O)N2CCC3(CCCCO3)CC2)cc1.O=C(Cl)c1ccc([N+](=O)[O-])cc1.O=C(c1ccc([N+](=O)[O-])cc1)N1CCC2(CCCCO2)CC1. The van der Waals surface area contributed by atoms with E-state index in [1.807, 2.05) is 9.80 Å². The predicted molar refractivity (Wildman–Crippen MR) is 247 cm³/mol. The van der Waals surface area contributed by atoms with Crippen LogP contribution in [0.2, 0.25) is 0 Å². The molecular formula is C48H63ClN6O10. The maximum Gasteiger partial charge on any atom is 0.269 e. The molecule has 3 aromatic carbocycles. The number of nitrogens with two attached hydrogens (primary N) is 1. The maximum absolute atomic E-state index is 12.5. The Bertz CT molecular complexity index is 1970. The van der Waals surface area contributed by atoms with Crippen molar-refractivity contribution in [2.24, 2.45) is 0 Å². The summed E-state index contributed by atoms with van der Waals surface area (Å²) >= 11 is 5.13. The number of hydrogen-bond acceptors (Lipinski definition) is 12. The second-order valence-electron chi connectivity index (χ2n) is 17.8. The van der Waals surface area contributed by atoms with Gasteiger partial charge < -0.3 is 35.1 Å². The molecule has 6 aliphatic heterocycles. The zero-order valence-corrected chi connectivity index (χ0v) is 38.0. The molecular weight excluding hydrogens is 856 g/mol. The molecule has 6 fully saturated rings. The highest BCUT2D eigenvalue weighted by molar-refractivity contribution is 6.67. The highest BCUT2D eigenvalue weighted by atomic mass is 35.5. The first-order chi connectivity index (χ1) is 31.3. The van der Waals surface area contributed by atoms with Crippen LogP contribution in [0.5, 0.6) is 0 Å². The van der Waals surface area contributed by atoms with E-state index in [9.17, 15) is 34.6 Å². The number of halogens is 1. The number of nitro benzene ring substituents is 2. The quantitative estimate of drug-likeness (QED) is 0.107. The lowest BCUT2D eigenvalue weighted by atomic mass is 9.84. The summed E-state index contributed by atoms with van der Waals surface area (Å²) in [6.07, 6.45) is 17.1. The normalized spacial score (nSPS) is 20.7. The van der Waals surface area contributed by atoms with Gasteiger partial charge in [0.1, 0.15) is 0 Å². The highest BCUT2D eigenvalue weighted by Gasteiger charge is 2.39. The summed E-state index contributed by atoms with van der Waals surface area (Å²) in [5.41, 5.74) is 8.10. The molecule has 3 N–H and O–H groups in total. The Hall–Kier alpha value is -5.00. The van der Waals surface area contributed by atoms with Gasteiger partial charge in [-0.15, -0.1) is 0 Å². The number of carbonyl (C=O) groups is 3. The van der Waals surface area contributed by atoms with E-state index in [0.717, 1.165) is 96.5 Å². The van der Waals surface area contributed by atoms with Gasteiger partial charge in [-0.05, 0) is 170 Å². The summed E-state index contributed by atoms with van der Waals surface area (Å²) in [6, 6.07) is 18.1. The van der Waals surface area contributed by atoms with Crippen LogP contribution in [0.1, 0.15) is 127 Å². The number of carbonyl (C=O) groups excluding carboxylic acids is 3. The Morgan fingerprint density at radius 1 is 0.523 bits per heavy atom. The third kappa shape index (κ3) is 14.0. The predicted octanol–water partition coefficient (Wildman–Crippen LogP) is 8.50. The molecule has 3 aromatic rings. The van der Waals surface area contributed by atoms with Gasteiger partial charge in [-0.25, -0.2) is 0 Å². The van der Waals surface area contributed by atoms with Gasteiger partial charge in [0.15, 0.2) is 0 Å². The third-order valence-corrected chi connectivity index (χ3v) is 13.7. The first-order valence-electron chi connectivity index (χ1n) is 23.1. The summed E-state index contributed by atoms with van der Waals surface area (Å²) in [7, 11) is 0. The lowest BCUT2D eigenvalue weighted by Gasteiger charge is -2.44.